The first-order valence-corrected chi connectivity index (χ1v) is 10.9. The molecule has 8 heteroatoms. The third-order valence-electron chi connectivity index (χ3n) is 4.94. The highest BCUT2D eigenvalue weighted by Gasteiger charge is 2.40. The number of methoxy groups -OCH3 is 1. The third-order valence-corrected chi connectivity index (χ3v) is 6.78. The number of rotatable bonds is 8. The number of nitrogens with zero attached hydrogens (tertiary/aromatic N) is 1. The summed E-state index contributed by atoms with van der Waals surface area (Å²) in [7, 11) is -2.24. The molecule has 0 spiro atoms. The first kappa shape index (κ1) is 20.9. The van der Waals surface area contributed by atoms with Gasteiger partial charge in [-0.3, -0.25) is 9.59 Å². The van der Waals surface area contributed by atoms with Crippen LogP contribution in [0.5, 0.6) is 5.75 Å². The van der Waals surface area contributed by atoms with Crippen LogP contribution in [0.4, 0.5) is 0 Å². The van der Waals surface area contributed by atoms with E-state index in [0.717, 1.165) is 15.6 Å². The molecule has 154 valence electrons. The van der Waals surface area contributed by atoms with Crippen LogP contribution in [-0.2, 0) is 14.8 Å². The van der Waals surface area contributed by atoms with Crippen molar-refractivity contribution in [2.75, 3.05) is 13.7 Å². The Hall–Kier alpha value is -2.87. The molecule has 0 aromatic heterocycles. The highest BCUT2D eigenvalue weighted by Crippen LogP contribution is 2.30. The van der Waals surface area contributed by atoms with E-state index in [1.807, 2.05) is 31.2 Å². The molecule has 0 unspecified atom stereocenters. The molecule has 1 heterocycles. The van der Waals surface area contributed by atoms with Crippen LogP contribution in [0.3, 0.4) is 0 Å². The van der Waals surface area contributed by atoms with Gasteiger partial charge < -0.3 is 10.1 Å². The normalized spacial score (nSPS) is 15.7. The predicted octanol–water partition coefficient (Wildman–Crippen LogP) is 2.89. The van der Waals surface area contributed by atoms with Crippen LogP contribution in [0.15, 0.2) is 53.4 Å². The van der Waals surface area contributed by atoms with Gasteiger partial charge in [-0.25, -0.2) is 12.7 Å². The van der Waals surface area contributed by atoms with Gasteiger partial charge in [-0.1, -0.05) is 31.2 Å². The molecule has 2 amide bonds. The molecule has 1 aliphatic rings. The van der Waals surface area contributed by atoms with Gasteiger partial charge in [0.05, 0.1) is 18.7 Å². The Morgan fingerprint density at radius 3 is 2.45 bits per heavy atom. The Kier molecular flexibility index (Phi) is 6.22. The lowest BCUT2D eigenvalue weighted by Gasteiger charge is -2.19. The van der Waals surface area contributed by atoms with Crippen molar-refractivity contribution in [3.05, 3.63) is 59.7 Å². The summed E-state index contributed by atoms with van der Waals surface area (Å²) < 4.78 is 31.1. The van der Waals surface area contributed by atoms with E-state index in [1.54, 1.807) is 19.2 Å². The van der Waals surface area contributed by atoms with Crippen LogP contribution < -0.4 is 10.1 Å². The molecule has 1 atom stereocenters. The quantitative estimate of drug-likeness (QED) is 0.714. The number of ether oxygens (including phenoxy) is 1. The van der Waals surface area contributed by atoms with Crippen LogP contribution in [0.1, 0.15) is 48.1 Å². The zero-order valence-electron chi connectivity index (χ0n) is 16.4. The molecule has 0 bridgehead atoms. The van der Waals surface area contributed by atoms with Crippen LogP contribution >= 0.6 is 0 Å². The van der Waals surface area contributed by atoms with Gasteiger partial charge in [0.2, 0.25) is 5.91 Å². The molecule has 0 aliphatic carbocycles. The average molecular weight is 416 g/mol. The molecule has 1 aliphatic heterocycles. The van der Waals surface area contributed by atoms with E-state index >= 15 is 0 Å². The maximum atomic E-state index is 12.5. The fraction of sp³-hybridized carbons (Fsp3) is 0.333. The largest absolute Gasteiger partial charge is 0.497 e. The number of carbonyl (C=O) groups excluding carboxylic acids is 2. The van der Waals surface area contributed by atoms with Gasteiger partial charge in [-0.2, -0.15) is 0 Å². The monoisotopic (exact) mass is 416 g/mol. The van der Waals surface area contributed by atoms with Gasteiger partial charge in [0.25, 0.3) is 15.9 Å². The summed E-state index contributed by atoms with van der Waals surface area (Å²) in [5.41, 5.74) is 1.15. The standard InChI is InChI=1S/C21H24N2O5S/c1-3-18(15-10-12-16(28-2)13-11-15)22-20(24)9-6-14-23-21(25)17-7-4-5-8-19(17)29(23,26)27/h4-5,7-8,10-13,18H,3,6,9,14H2,1-2H3,(H,22,24)/t18-/m0/s1. The van der Waals surface area contributed by atoms with Crippen molar-refractivity contribution in [3.63, 3.8) is 0 Å². The summed E-state index contributed by atoms with van der Waals surface area (Å²) >= 11 is 0. The van der Waals surface area contributed by atoms with E-state index in [0.29, 0.717) is 6.42 Å². The smallest absolute Gasteiger partial charge is 0.269 e. The fourth-order valence-electron chi connectivity index (χ4n) is 3.36. The summed E-state index contributed by atoms with van der Waals surface area (Å²) in [5.74, 6) is 0.0207. The number of amides is 2. The van der Waals surface area contributed by atoms with Crippen LogP contribution in [0.2, 0.25) is 0 Å². The molecule has 2 aromatic rings. The molecule has 2 aromatic carbocycles. The maximum Gasteiger partial charge on any atom is 0.269 e. The Bertz CT molecular complexity index is 1000. The molecular weight excluding hydrogens is 392 g/mol. The Balaban J connectivity index is 1.56. The van der Waals surface area contributed by atoms with E-state index < -0.39 is 15.9 Å². The van der Waals surface area contributed by atoms with Crippen molar-refractivity contribution < 1.29 is 22.7 Å². The zero-order chi connectivity index (χ0) is 21.0. The number of benzene rings is 2. The fourth-order valence-corrected chi connectivity index (χ4v) is 4.97. The van der Waals surface area contributed by atoms with Crippen LogP contribution in [0, 0.1) is 0 Å². The highest BCUT2D eigenvalue weighted by molar-refractivity contribution is 7.90. The predicted molar refractivity (Wildman–Crippen MR) is 108 cm³/mol. The molecule has 0 radical (unpaired) electrons. The first-order chi connectivity index (χ1) is 13.9. The summed E-state index contributed by atoms with van der Waals surface area (Å²) in [6.07, 6.45) is 1.10. The van der Waals surface area contributed by atoms with E-state index in [2.05, 4.69) is 5.32 Å². The summed E-state index contributed by atoms with van der Waals surface area (Å²) in [4.78, 5) is 24.8. The number of hydrogen-bond acceptors (Lipinski definition) is 5. The Morgan fingerprint density at radius 2 is 1.83 bits per heavy atom. The topological polar surface area (TPSA) is 92.8 Å². The molecule has 29 heavy (non-hydrogen) atoms. The average Bonchev–Trinajstić information content (AvgIpc) is 2.93. The second-order valence-electron chi connectivity index (χ2n) is 6.78. The van der Waals surface area contributed by atoms with E-state index in [1.165, 1.54) is 12.1 Å². The van der Waals surface area contributed by atoms with Gasteiger partial charge in [-0.15, -0.1) is 0 Å². The second-order valence-corrected chi connectivity index (χ2v) is 8.61. The highest BCUT2D eigenvalue weighted by atomic mass is 32.2. The molecule has 7 nitrogen and oxygen atoms in total. The van der Waals surface area contributed by atoms with Crippen molar-refractivity contribution in [2.24, 2.45) is 0 Å². The van der Waals surface area contributed by atoms with Crippen molar-refractivity contribution in [1.29, 1.82) is 0 Å². The minimum atomic E-state index is -3.83. The zero-order valence-corrected chi connectivity index (χ0v) is 17.2. The van der Waals surface area contributed by atoms with Crippen molar-refractivity contribution in [1.82, 2.24) is 9.62 Å². The molecule has 0 saturated heterocycles. The Morgan fingerprint density at radius 1 is 1.14 bits per heavy atom. The van der Waals surface area contributed by atoms with Gasteiger partial charge in [0, 0.05) is 13.0 Å². The molecular formula is C21H24N2O5S. The van der Waals surface area contributed by atoms with E-state index in [9.17, 15) is 18.0 Å². The SMILES string of the molecule is CC[C@H](NC(=O)CCCN1C(=O)c2ccccc2S1(=O)=O)c1ccc(OC)cc1. The van der Waals surface area contributed by atoms with Gasteiger partial charge in [-0.05, 0) is 42.7 Å². The minimum Gasteiger partial charge on any atom is -0.497 e. The van der Waals surface area contributed by atoms with Gasteiger partial charge >= 0.3 is 0 Å². The Labute approximate surface area is 170 Å². The summed E-state index contributed by atoms with van der Waals surface area (Å²) in [6.45, 7) is 1.95. The van der Waals surface area contributed by atoms with Crippen LogP contribution in [0.25, 0.3) is 0 Å². The van der Waals surface area contributed by atoms with E-state index in [4.69, 9.17) is 4.74 Å². The van der Waals surface area contributed by atoms with Crippen molar-refractivity contribution in [3.8, 4) is 5.75 Å². The molecule has 0 saturated carbocycles. The summed E-state index contributed by atoms with van der Waals surface area (Å²) in [6, 6.07) is 13.5. The lowest BCUT2D eigenvalue weighted by atomic mass is 10.0. The number of carbonyl (C=O) groups is 2. The van der Waals surface area contributed by atoms with Gasteiger partial charge in [0.1, 0.15) is 10.6 Å². The lowest BCUT2D eigenvalue weighted by Crippen LogP contribution is -2.33. The third kappa shape index (κ3) is 4.27. The van der Waals surface area contributed by atoms with Crippen LogP contribution in [-0.4, -0.2) is 38.2 Å². The number of sulfonamides is 1. The number of nitrogens with one attached hydrogen (secondary N) is 1. The van der Waals surface area contributed by atoms with E-state index in [-0.39, 0.29) is 41.8 Å². The summed E-state index contributed by atoms with van der Waals surface area (Å²) in [5, 5.41) is 2.96. The lowest BCUT2D eigenvalue weighted by molar-refractivity contribution is -0.122. The van der Waals surface area contributed by atoms with Gasteiger partial charge in [0.15, 0.2) is 0 Å². The molecule has 3 rings (SSSR count). The molecule has 1 N–H and O–H groups in total. The first-order valence-electron chi connectivity index (χ1n) is 9.48. The van der Waals surface area contributed by atoms with Crippen molar-refractivity contribution >= 4 is 21.8 Å². The number of fused-ring (bicyclic) bond motifs is 1. The number of hydrogen-bond donors (Lipinski definition) is 1. The second kappa shape index (κ2) is 8.65. The molecule has 0 fully saturated rings. The van der Waals surface area contributed by atoms with Crippen molar-refractivity contribution in [2.45, 2.75) is 37.1 Å². The minimum absolute atomic E-state index is 0.0252. The maximum absolute atomic E-state index is 12.5.